The van der Waals surface area contributed by atoms with Gasteiger partial charge in [-0.1, -0.05) is 11.2 Å². The molecule has 2 nitrogen and oxygen atoms in total. The van der Waals surface area contributed by atoms with Crippen molar-refractivity contribution in [1.29, 1.82) is 0 Å². The second-order valence-corrected chi connectivity index (χ2v) is 2.83. The largest absolute Gasteiger partial charge is 0.363 e. The van der Waals surface area contributed by atoms with Crippen LogP contribution in [0.5, 0.6) is 0 Å². The molecule has 0 aliphatic heterocycles. The maximum atomic E-state index is 4.85. The number of aryl methyl sites for hydroxylation is 2. The van der Waals surface area contributed by atoms with Crippen molar-refractivity contribution in [2.24, 2.45) is 0 Å². The fraction of sp³-hybridized carbons (Fsp3) is 0.222. The molecule has 0 fully saturated rings. The van der Waals surface area contributed by atoms with E-state index in [0.717, 1.165) is 10.9 Å². The Labute approximate surface area is 64.8 Å². The van der Waals surface area contributed by atoms with E-state index in [1.165, 1.54) is 11.1 Å². The van der Waals surface area contributed by atoms with Gasteiger partial charge in [-0.05, 0) is 31.0 Å². The smallest absolute Gasteiger partial charge is 0.131 e. The van der Waals surface area contributed by atoms with Crippen molar-refractivity contribution < 1.29 is 4.52 Å². The maximum absolute atomic E-state index is 4.85. The van der Waals surface area contributed by atoms with E-state index in [9.17, 15) is 0 Å². The van der Waals surface area contributed by atoms with Crippen LogP contribution in [0.15, 0.2) is 22.9 Å². The summed E-state index contributed by atoms with van der Waals surface area (Å²) in [5.41, 5.74) is 3.39. The lowest BCUT2D eigenvalue weighted by Gasteiger charge is -1.94. The molecule has 2 aromatic rings. The van der Waals surface area contributed by atoms with Gasteiger partial charge in [0.25, 0.3) is 0 Å². The molecule has 0 radical (unpaired) electrons. The number of hydrogen-bond acceptors (Lipinski definition) is 2. The van der Waals surface area contributed by atoms with Crippen molar-refractivity contribution in [1.82, 2.24) is 5.16 Å². The standard InChI is InChI=1S/C9H9NO/c1-6-3-7(2)9-8(4-6)5-11-10-9/h3-5H,1-2H3. The molecule has 0 aliphatic rings. The molecule has 0 N–H and O–H groups in total. The van der Waals surface area contributed by atoms with Crippen LogP contribution >= 0.6 is 0 Å². The Morgan fingerprint density at radius 2 is 2.09 bits per heavy atom. The van der Waals surface area contributed by atoms with Crippen LogP contribution in [0.2, 0.25) is 0 Å². The molecule has 0 bridgehead atoms. The van der Waals surface area contributed by atoms with Gasteiger partial charge in [0, 0.05) is 5.39 Å². The Bertz CT molecular complexity index is 389. The van der Waals surface area contributed by atoms with Gasteiger partial charge in [0.1, 0.15) is 11.8 Å². The lowest BCUT2D eigenvalue weighted by Crippen LogP contribution is -1.78. The molecule has 2 heteroatoms. The van der Waals surface area contributed by atoms with Crippen LogP contribution in [0.4, 0.5) is 0 Å². The molecule has 0 saturated heterocycles. The zero-order valence-electron chi connectivity index (χ0n) is 6.59. The van der Waals surface area contributed by atoms with Crippen molar-refractivity contribution >= 4 is 10.9 Å². The Balaban J connectivity index is 2.91. The minimum Gasteiger partial charge on any atom is -0.363 e. The highest BCUT2D eigenvalue weighted by Crippen LogP contribution is 2.18. The summed E-state index contributed by atoms with van der Waals surface area (Å²) in [6.07, 6.45) is 1.68. The highest BCUT2D eigenvalue weighted by atomic mass is 16.5. The Kier molecular flexibility index (Phi) is 1.22. The van der Waals surface area contributed by atoms with E-state index in [1.807, 2.05) is 6.92 Å². The van der Waals surface area contributed by atoms with E-state index in [0.29, 0.717) is 0 Å². The van der Waals surface area contributed by atoms with Gasteiger partial charge in [0.05, 0.1) is 0 Å². The quantitative estimate of drug-likeness (QED) is 0.572. The second kappa shape index (κ2) is 2.09. The average molecular weight is 147 g/mol. The summed E-state index contributed by atoms with van der Waals surface area (Å²) < 4.78 is 4.85. The molecule has 11 heavy (non-hydrogen) atoms. The summed E-state index contributed by atoms with van der Waals surface area (Å²) in [5.74, 6) is 0. The minimum atomic E-state index is 0.968. The molecule has 1 heterocycles. The molecular formula is C9H9NO. The van der Waals surface area contributed by atoms with Crippen molar-refractivity contribution in [2.45, 2.75) is 13.8 Å². The summed E-state index contributed by atoms with van der Waals surface area (Å²) in [6.45, 7) is 4.11. The predicted octanol–water partition coefficient (Wildman–Crippen LogP) is 2.44. The van der Waals surface area contributed by atoms with Gasteiger partial charge in [0.15, 0.2) is 0 Å². The Morgan fingerprint density at radius 3 is 2.91 bits per heavy atom. The van der Waals surface area contributed by atoms with Crippen molar-refractivity contribution in [3.05, 3.63) is 29.5 Å². The van der Waals surface area contributed by atoms with E-state index < -0.39 is 0 Å². The van der Waals surface area contributed by atoms with Gasteiger partial charge in [0.2, 0.25) is 0 Å². The first-order chi connectivity index (χ1) is 5.27. The van der Waals surface area contributed by atoms with E-state index in [2.05, 4.69) is 24.2 Å². The average Bonchev–Trinajstić information content (AvgIpc) is 2.34. The number of aromatic nitrogens is 1. The Morgan fingerprint density at radius 1 is 1.27 bits per heavy atom. The lowest BCUT2D eigenvalue weighted by molar-refractivity contribution is 0.428. The molecule has 0 saturated carbocycles. The van der Waals surface area contributed by atoms with E-state index in [1.54, 1.807) is 6.26 Å². The van der Waals surface area contributed by atoms with E-state index in [4.69, 9.17) is 4.52 Å². The molecule has 0 atom stereocenters. The van der Waals surface area contributed by atoms with Crippen LogP contribution in [0, 0.1) is 13.8 Å². The highest BCUT2D eigenvalue weighted by molar-refractivity contribution is 5.81. The first kappa shape index (κ1) is 6.40. The van der Waals surface area contributed by atoms with Crippen molar-refractivity contribution in [2.75, 3.05) is 0 Å². The zero-order chi connectivity index (χ0) is 7.84. The third-order valence-corrected chi connectivity index (χ3v) is 1.80. The monoisotopic (exact) mass is 147 g/mol. The highest BCUT2D eigenvalue weighted by Gasteiger charge is 2.00. The van der Waals surface area contributed by atoms with Gasteiger partial charge in [-0.2, -0.15) is 0 Å². The fourth-order valence-corrected chi connectivity index (χ4v) is 1.34. The molecular weight excluding hydrogens is 138 g/mol. The van der Waals surface area contributed by atoms with Crippen LogP contribution in [-0.2, 0) is 0 Å². The normalized spacial score (nSPS) is 10.7. The summed E-state index contributed by atoms with van der Waals surface area (Å²) in [4.78, 5) is 0. The zero-order valence-corrected chi connectivity index (χ0v) is 6.59. The third kappa shape index (κ3) is 0.909. The molecule has 0 unspecified atom stereocenters. The molecule has 1 aromatic carbocycles. The molecule has 0 aliphatic carbocycles. The van der Waals surface area contributed by atoms with Gasteiger partial charge < -0.3 is 4.52 Å². The maximum Gasteiger partial charge on any atom is 0.131 e. The fourth-order valence-electron chi connectivity index (χ4n) is 1.34. The molecule has 0 amide bonds. The van der Waals surface area contributed by atoms with Crippen LogP contribution in [0.3, 0.4) is 0 Å². The Hall–Kier alpha value is -1.31. The van der Waals surface area contributed by atoms with Gasteiger partial charge in [-0.15, -0.1) is 0 Å². The van der Waals surface area contributed by atoms with Crippen LogP contribution in [0.1, 0.15) is 11.1 Å². The number of hydrogen-bond donors (Lipinski definition) is 0. The SMILES string of the molecule is Cc1cc(C)c2nocc2c1. The van der Waals surface area contributed by atoms with Crippen molar-refractivity contribution in [3.63, 3.8) is 0 Å². The molecule has 0 spiro atoms. The first-order valence-electron chi connectivity index (χ1n) is 3.59. The number of nitrogens with zero attached hydrogens (tertiary/aromatic N) is 1. The topological polar surface area (TPSA) is 26.0 Å². The summed E-state index contributed by atoms with van der Waals surface area (Å²) in [7, 11) is 0. The van der Waals surface area contributed by atoms with Crippen LogP contribution in [0.25, 0.3) is 10.9 Å². The number of rotatable bonds is 0. The minimum absolute atomic E-state index is 0.968. The van der Waals surface area contributed by atoms with Gasteiger partial charge in [-0.25, -0.2) is 0 Å². The van der Waals surface area contributed by atoms with E-state index >= 15 is 0 Å². The summed E-state index contributed by atoms with van der Waals surface area (Å²) in [6, 6.07) is 4.17. The second-order valence-electron chi connectivity index (χ2n) is 2.83. The number of fused-ring (bicyclic) bond motifs is 1. The molecule has 2 rings (SSSR count). The lowest BCUT2D eigenvalue weighted by atomic mass is 10.1. The van der Waals surface area contributed by atoms with Crippen LogP contribution in [-0.4, -0.2) is 5.16 Å². The van der Waals surface area contributed by atoms with Crippen molar-refractivity contribution in [3.8, 4) is 0 Å². The third-order valence-electron chi connectivity index (χ3n) is 1.80. The first-order valence-corrected chi connectivity index (χ1v) is 3.59. The predicted molar refractivity (Wildman–Crippen MR) is 43.5 cm³/mol. The summed E-state index contributed by atoms with van der Waals surface area (Å²) in [5, 5.41) is 4.97. The van der Waals surface area contributed by atoms with Gasteiger partial charge in [-0.3, -0.25) is 0 Å². The van der Waals surface area contributed by atoms with Crippen LogP contribution < -0.4 is 0 Å². The van der Waals surface area contributed by atoms with E-state index in [-0.39, 0.29) is 0 Å². The molecule has 1 aromatic heterocycles. The summed E-state index contributed by atoms with van der Waals surface area (Å²) >= 11 is 0. The van der Waals surface area contributed by atoms with Gasteiger partial charge >= 0.3 is 0 Å². The number of benzene rings is 1. The molecule has 56 valence electrons.